The van der Waals surface area contributed by atoms with E-state index in [1.807, 2.05) is 89.2 Å². The molecule has 2 aromatic rings. The highest BCUT2D eigenvalue weighted by Gasteiger charge is 2.63. The van der Waals surface area contributed by atoms with Gasteiger partial charge in [-0.15, -0.1) is 0 Å². The maximum absolute atomic E-state index is 9.00. The van der Waals surface area contributed by atoms with Gasteiger partial charge in [0.15, 0.2) is 0 Å². The van der Waals surface area contributed by atoms with Crippen molar-refractivity contribution >= 4 is 42.5 Å². The molecule has 5 rings (SSSR count). The highest BCUT2D eigenvalue weighted by atomic mass is 79.9. The van der Waals surface area contributed by atoms with Crippen LogP contribution in [0, 0.1) is 22.7 Å². The van der Waals surface area contributed by atoms with Crippen LogP contribution in [0.5, 0.6) is 11.5 Å². The third-order valence-corrected chi connectivity index (χ3v) is 10.5. The van der Waals surface area contributed by atoms with Crippen LogP contribution in [-0.4, -0.2) is 69.0 Å². The predicted molar refractivity (Wildman–Crippen MR) is 198 cm³/mol. The van der Waals surface area contributed by atoms with Crippen molar-refractivity contribution < 1.29 is 37.4 Å². The molecule has 266 valence electrons. The van der Waals surface area contributed by atoms with Gasteiger partial charge in [0.05, 0.1) is 75.6 Å². The number of nitrogens with zero attached hydrogens (tertiary/aromatic N) is 2. The number of halogens is 1. The van der Waals surface area contributed by atoms with Crippen LogP contribution in [0.25, 0.3) is 0 Å². The van der Waals surface area contributed by atoms with E-state index < -0.39 is 32.3 Å². The molecule has 3 aliphatic heterocycles. The minimum absolute atomic E-state index is 0. The Morgan fingerprint density at radius 3 is 1.20 bits per heavy atom. The summed E-state index contributed by atoms with van der Waals surface area (Å²) < 4.78 is 46.9. The summed E-state index contributed by atoms with van der Waals surface area (Å²) in [6.45, 7) is 24.2. The number of benzene rings is 2. The van der Waals surface area contributed by atoms with Crippen molar-refractivity contribution in [2.75, 3.05) is 14.2 Å². The van der Waals surface area contributed by atoms with Gasteiger partial charge in [0.2, 0.25) is 0 Å². The van der Waals surface area contributed by atoms with Gasteiger partial charge in [-0.1, -0.05) is 7.43 Å². The molecule has 0 spiro atoms. The monoisotopic (exact) mass is 740 g/mol. The molecule has 3 fully saturated rings. The van der Waals surface area contributed by atoms with E-state index in [4.69, 9.17) is 47.9 Å². The molecule has 0 aromatic heterocycles. The van der Waals surface area contributed by atoms with Crippen molar-refractivity contribution in [3.8, 4) is 23.6 Å². The number of hydrogen-bond acceptors (Lipinski definition) is 10. The second kappa shape index (κ2) is 15.4. The smallest absolute Gasteiger partial charge is 0.497 e. The molecule has 3 aliphatic rings. The van der Waals surface area contributed by atoms with Gasteiger partial charge in [-0.2, -0.15) is 10.5 Å². The molecular weight excluding hydrogens is 689 g/mol. The molecule has 3 saturated heterocycles. The van der Waals surface area contributed by atoms with E-state index in [1.54, 1.807) is 50.6 Å². The first-order valence-corrected chi connectivity index (χ1v) is 16.6. The molecule has 0 N–H and O–H groups in total. The minimum atomic E-state index is -0.520. The van der Waals surface area contributed by atoms with E-state index in [0.717, 1.165) is 15.7 Å². The first-order chi connectivity index (χ1) is 22.0. The lowest BCUT2D eigenvalue weighted by Crippen LogP contribution is -2.41. The lowest BCUT2D eigenvalue weighted by molar-refractivity contribution is 0.00578. The second-order valence-corrected chi connectivity index (χ2v) is 15.7. The Balaban J connectivity index is 0.000000262. The van der Waals surface area contributed by atoms with E-state index in [1.165, 1.54) is 0 Å². The average Bonchev–Trinajstić information content (AvgIpc) is 3.46. The third-order valence-electron chi connectivity index (χ3n) is 9.91. The van der Waals surface area contributed by atoms with Crippen molar-refractivity contribution in [2.24, 2.45) is 0 Å². The topological polar surface area (TPSA) is 121 Å². The zero-order chi connectivity index (χ0) is 36.5. The van der Waals surface area contributed by atoms with Crippen molar-refractivity contribution in [1.82, 2.24) is 0 Å². The number of methoxy groups -OCH3 is 2. The molecule has 0 atom stereocenters. The molecule has 0 bridgehead atoms. The average molecular weight is 741 g/mol. The Morgan fingerprint density at radius 2 is 0.878 bits per heavy atom. The van der Waals surface area contributed by atoms with Crippen molar-refractivity contribution in [3.05, 3.63) is 52.0 Å². The summed E-state index contributed by atoms with van der Waals surface area (Å²) in [7, 11) is 1.71. The first kappa shape index (κ1) is 42.6. The summed E-state index contributed by atoms with van der Waals surface area (Å²) in [5.74, 6) is 1.40. The largest absolute Gasteiger partial charge is 0.498 e. The van der Waals surface area contributed by atoms with Gasteiger partial charge < -0.3 is 37.4 Å². The molecule has 49 heavy (non-hydrogen) atoms. The molecular formula is C35H52B3BrN2O8. The van der Waals surface area contributed by atoms with Crippen molar-refractivity contribution in [2.45, 2.75) is 124 Å². The fourth-order valence-electron chi connectivity index (χ4n) is 4.69. The molecule has 3 heterocycles. The van der Waals surface area contributed by atoms with Crippen molar-refractivity contribution in [1.29, 1.82) is 10.5 Å². The Morgan fingerprint density at radius 1 is 0.551 bits per heavy atom. The molecule has 2 aromatic carbocycles. The quantitative estimate of drug-likeness (QED) is 0.301. The zero-order valence-electron chi connectivity index (χ0n) is 30.7. The van der Waals surface area contributed by atoms with Crippen molar-refractivity contribution in [3.63, 3.8) is 0 Å². The van der Waals surface area contributed by atoms with E-state index >= 15 is 0 Å². The Hall–Kier alpha value is -2.55. The summed E-state index contributed by atoms with van der Waals surface area (Å²) in [5.41, 5.74) is -0.329. The van der Waals surface area contributed by atoms with Crippen LogP contribution in [0.4, 0.5) is 0 Å². The highest BCUT2D eigenvalue weighted by Crippen LogP contribution is 2.43. The van der Waals surface area contributed by atoms with Crippen LogP contribution < -0.4 is 14.9 Å². The standard InChI is InChI=1S/C14H18BNO3.C12H24B2O4.C8H6BrNO.CH4/c1-13(2)14(3,4)19-15(18-13)11-8-10(9-16)6-7-12(11)17-5;1-9(2)10(3,4)16-13(15-9)14-17-11(5,6)12(7,8)18-14;1-11-8-3-2-6(5-10)4-7(8)9;/h6-8H,1-5H3;1-8H3;2-4H,1H3;1H4. The van der Waals surface area contributed by atoms with Crippen LogP contribution >= 0.6 is 15.9 Å². The van der Waals surface area contributed by atoms with Gasteiger partial charge in [-0.3, -0.25) is 0 Å². The normalized spacial score (nSPS) is 21.5. The SMILES string of the molecule is C.CC1(C)OB(B2OC(C)(C)C(C)(C)O2)OC1(C)C.COc1ccc(C#N)cc1B1OC(C)(C)C(C)(C)O1.COc1ccc(C#N)cc1Br. The summed E-state index contributed by atoms with van der Waals surface area (Å²) in [6, 6.07) is 14.6. The summed E-state index contributed by atoms with van der Waals surface area (Å²) >= 11 is 3.27. The number of ether oxygens (including phenoxy) is 2. The van der Waals surface area contributed by atoms with Crippen LogP contribution in [-0.2, 0) is 27.9 Å². The molecule has 0 saturated carbocycles. The molecule has 10 nitrogen and oxygen atoms in total. The summed E-state index contributed by atoms with van der Waals surface area (Å²) in [5, 5.41) is 17.5. The highest BCUT2D eigenvalue weighted by molar-refractivity contribution is 9.10. The second-order valence-electron chi connectivity index (χ2n) is 14.9. The molecule has 0 aliphatic carbocycles. The molecule has 0 unspecified atom stereocenters. The minimum Gasteiger partial charge on any atom is -0.497 e. The third kappa shape index (κ3) is 9.23. The van der Waals surface area contributed by atoms with E-state index in [0.29, 0.717) is 16.9 Å². The first-order valence-electron chi connectivity index (χ1n) is 15.8. The number of rotatable bonds is 4. The summed E-state index contributed by atoms with van der Waals surface area (Å²) in [4.78, 5) is 0. The lowest BCUT2D eigenvalue weighted by Gasteiger charge is -2.32. The zero-order valence-corrected chi connectivity index (χ0v) is 32.3. The number of hydrogen-bond donors (Lipinski definition) is 0. The van der Waals surface area contributed by atoms with Gasteiger partial charge in [0.25, 0.3) is 0 Å². The van der Waals surface area contributed by atoms with Crippen LogP contribution in [0.15, 0.2) is 40.9 Å². The van der Waals surface area contributed by atoms with Crippen LogP contribution in [0.2, 0.25) is 0 Å². The fourth-order valence-corrected chi connectivity index (χ4v) is 5.23. The van der Waals surface area contributed by atoms with E-state index in [2.05, 4.69) is 22.0 Å². The predicted octanol–water partition coefficient (Wildman–Crippen LogP) is 7.08. The van der Waals surface area contributed by atoms with Gasteiger partial charge in [0, 0.05) is 5.46 Å². The van der Waals surface area contributed by atoms with E-state index in [9.17, 15) is 0 Å². The van der Waals surface area contributed by atoms with Crippen LogP contribution in [0.1, 0.15) is 102 Å². The van der Waals surface area contributed by atoms with Gasteiger partial charge in [-0.05, 0) is 135 Å². The van der Waals surface area contributed by atoms with Gasteiger partial charge in [-0.25, -0.2) is 0 Å². The number of nitriles is 2. The van der Waals surface area contributed by atoms with Crippen LogP contribution in [0.3, 0.4) is 0 Å². The fraction of sp³-hybridized carbons (Fsp3) is 0.600. The van der Waals surface area contributed by atoms with Gasteiger partial charge in [0.1, 0.15) is 11.5 Å². The molecule has 0 amide bonds. The maximum atomic E-state index is 9.00. The maximum Gasteiger partial charge on any atom is 0.498 e. The Bertz CT molecular complexity index is 1470. The molecule has 0 radical (unpaired) electrons. The summed E-state index contributed by atoms with van der Waals surface area (Å²) in [6.07, 6.45) is 0. The molecule has 14 heteroatoms. The lowest BCUT2D eigenvalue weighted by atomic mass is 9.49. The Labute approximate surface area is 303 Å². The van der Waals surface area contributed by atoms with Gasteiger partial charge >= 0.3 is 21.1 Å². The van der Waals surface area contributed by atoms with E-state index in [-0.39, 0.29) is 29.8 Å². The Kier molecular flexibility index (Phi) is 13.4.